The van der Waals surface area contributed by atoms with Crippen molar-refractivity contribution in [1.82, 2.24) is 0 Å². The van der Waals surface area contributed by atoms with Gasteiger partial charge >= 0.3 is 12.4 Å². The van der Waals surface area contributed by atoms with E-state index in [1.165, 1.54) is 36.4 Å². The minimum atomic E-state index is -5.14. The number of halogens is 6. The highest BCUT2D eigenvalue weighted by Gasteiger charge is 2.40. The summed E-state index contributed by atoms with van der Waals surface area (Å²) in [4.78, 5) is 21.5. The zero-order chi connectivity index (χ0) is 37.9. The number of non-ortho nitro benzene ring substituents is 2. The molecule has 16 heteroatoms. The summed E-state index contributed by atoms with van der Waals surface area (Å²) >= 11 is 0. The monoisotopic (exact) mass is 724 g/mol. The highest BCUT2D eigenvalue weighted by Crippen LogP contribution is 2.55. The van der Waals surface area contributed by atoms with E-state index in [0.717, 1.165) is 26.4 Å². The van der Waals surface area contributed by atoms with Crippen molar-refractivity contribution in [3.05, 3.63) is 116 Å². The smallest absolute Gasteiger partial charge is 0.420 e. The van der Waals surface area contributed by atoms with E-state index in [2.05, 4.69) is 0 Å². The molecule has 0 unspecified atom stereocenters. The normalized spacial score (nSPS) is 11.9. The number of rotatable bonds is 7. The Morgan fingerprint density at radius 2 is 0.904 bits per heavy atom. The largest absolute Gasteiger partial charge is 0.507 e. The van der Waals surface area contributed by atoms with Crippen molar-refractivity contribution in [1.29, 1.82) is 0 Å². The summed E-state index contributed by atoms with van der Waals surface area (Å²) in [6, 6.07) is 16.9. The first kappa shape index (κ1) is 35.3. The molecular weight excluding hydrogens is 702 g/mol. The van der Waals surface area contributed by atoms with Crippen molar-refractivity contribution >= 4 is 32.9 Å². The molecule has 6 rings (SSSR count). The minimum absolute atomic E-state index is 0.198. The quantitative estimate of drug-likeness (QED) is 0.0940. The molecule has 52 heavy (non-hydrogen) atoms. The van der Waals surface area contributed by atoms with Gasteiger partial charge in [-0.3, -0.25) is 20.2 Å². The molecular formula is C36H22F6N2O8. The van der Waals surface area contributed by atoms with Gasteiger partial charge < -0.3 is 19.7 Å². The molecule has 0 heterocycles. The Morgan fingerprint density at radius 1 is 0.558 bits per heavy atom. The topological polar surface area (TPSA) is 145 Å². The van der Waals surface area contributed by atoms with Gasteiger partial charge in [0.25, 0.3) is 11.4 Å². The van der Waals surface area contributed by atoms with Gasteiger partial charge in [0.05, 0.1) is 24.1 Å². The van der Waals surface area contributed by atoms with E-state index in [1.54, 1.807) is 24.3 Å². The molecule has 0 aromatic heterocycles. The molecule has 2 N–H and O–H groups in total. The van der Waals surface area contributed by atoms with Crippen LogP contribution in [-0.2, 0) is 12.4 Å². The minimum Gasteiger partial charge on any atom is -0.507 e. The zero-order valence-corrected chi connectivity index (χ0v) is 26.6. The number of nitro benzene ring substituents is 2. The van der Waals surface area contributed by atoms with E-state index in [1.807, 2.05) is 0 Å². The fraction of sp³-hybridized carbons (Fsp3) is 0.111. The molecule has 6 aromatic rings. The van der Waals surface area contributed by atoms with Gasteiger partial charge in [0.2, 0.25) is 0 Å². The van der Waals surface area contributed by atoms with Crippen LogP contribution in [0.3, 0.4) is 0 Å². The summed E-state index contributed by atoms with van der Waals surface area (Å²) in [5.41, 5.74) is -7.30. The number of aromatic hydroxyl groups is 2. The van der Waals surface area contributed by atoms with Crippen molar-refractivity contribution < 1.29 is 55.9 Å². The third kappa shape index (κ3) is 5.87. The van der Waals surface area contributed by atoms with E-state index in [4.69, 9.17) is 9.47 Å². The van der Waals surface area contributed by atoms with Crippen molar-refractivity contribution in [2.45, 2.75) is 12.4 Å². The Balaban J connectivity index is 1.81. The maximum Gasteiger partial charge on any atom is 0.420 e. The molecule has 0 saturated carbocycles. The highest BCUT2D eigenvalue weighted by atomic mass is 19.4. The molecule has 0 bridgehead atoms. The SMILES string of the molecule is COc1c(-c2cc3ccccc3c(-c3c(O)c(-c4cc([N+](=O)[O-])cc(C(F)(F)F)c4OC)cc4ccccc34)c2O)cc([N+](=O)[O-])cc1C(F)(F)F. The fourth-order valence-corrected chi connectivity index (χ4v) is 6.29. The average Bonchev–Trinajstić information content (AvgIpc) is 3.09. The lowest BCUT2D eigenvalue weighted by molar-refractivity contribution is -0.385. The summed E-state index contributed by atoms with van der Waals surface area (Å²) in [6.45, 7) is 0. The number of benzene rings is 6. The summed E-state index contributed by atoms with van der Waals surface area (Å²) in [5, 5.41) is 48.6. The van der Waals surface area contributed by atoms with Crippen LogP contribution in [0.4, 0.5) is 37.7 Å². The van der Waals surface area contributed by atoms with Gasteiger partial charge in [-0.25, -0.2) is 0 Å². The first-order valence-corrected chi connectivity index (χ1v) is 14.9. The number of phenols is 2. The summed E-state index contributed by atoms with van der Waals surface area (Å²) < 4.78 is 95.6. The fourth-order valence-electron chi connectivity index (χ4n) is 6.29. The number of fused-ring (bicyclic) bond motifs is 2. The van der Waals surface area contributed by atoms with Gasteiger partial charge in [-0.15, -0.1) is 0 Å². The van der Waals surface area contributed by atoms with Crippen LogP contribution in [0.15, 0.2) is 84.9 Å². The van der Waals surface area contributed by atoms with Crippen LogP contribution < -0.4 is 9.47 Å². The zero-order valence-electron chi connectivity index (χ0n) is 26.6. The molecule has 266 valence electrons. The first-order chi connectivity index (χ1) is 24.5. The second-order valence-electron chi connectivity index (χ2n) is 11.4. The highest BCUT2D eigenvalue weighted by molar-refractivity contribution is 6.14. The molecule has 0 aliphatic rings. The summed E-state index contributed by atoms with van der Waals surface area (Å²) in [7, 11) is 1.81. The Kier molecular flexibility index (Phi) is 8.56. The Labute approximate surface area is 288 Å². The third-order valence-corrected chi connectivity index (χ3v) is 8.46. The maximum absolute atomic E-state index is 14.2. The lowest BCUT2D eigenvalue weighted by atomic mass is 9.85. The van der Waals surface area contributed by atoms with Crippen molar-refractivity contribution in [2.24, 2.45) is 0 Å². The number of alkyl halides is 6. The molecule has 0 spiro atoms. The number of nitro groups is 2. The average molecular weight is 725 g/mol. The van der Waals surface area contributed by atoms with Crippen LogP contribution in [0.1, 0.15) is 11.1 Å². The Bertz CT molecular complexity index is 2290. The van der Waals surface area contributed by atoms with Crippen molar-refractivity contribution in [2.75, 3.05) is 14.2 Å². The molecule has 6 aromatic carbocycles. The lowest BCUT2D eigenvalue weighted by Gasteiger charge is -2.22. The number of hydrogen-bond acceptors (Lipinski definition) is 8. The van der Waals surface area contributed by atoms with Crippen molar-refractivity contribution in [3.8, 4) is 56.4 Å². The molecule has 0 aliphatic carbocycles. The molecule has 0 amide bonds. The number of nitrogens with zero attached hydrogens (tertiary/aromatic N) is 2. The number of ether oxygens (including phenoxy) is 2. The van der Waals surface area contributed by atoms with Gasteiger partial charge in [0, 0.05) is 57.6 Å². The predicted octanol–water partition coefficient (Wildman–Crippen LogP) is 10.3. The van der Waals surface area contributed by atoms with Crippen LogP contribution in [0.5, 0.6) is 23.0 Å². The maximum atomic E-state index is 14.2. The van der Waals surface area contributed by atoms with E-state index < -0.39 is 78.8 Å². The van der Waals surface area contributed by atoms with Crippen LogP contribution in [-0.4, -0.2) is 34.3 Å². The standard InChI is InChI=1S/C36H22F6N2O8/c1-51-33-25(13-19(43(47)48)15-27(33)35(37,38)39)23-11-17-7-3-5-9-21(17)29(31(23)45)30-22-10-6-4-8-18(22)12-24(32(30)46)26-14-20(44(49)50)16-28(34(26)52-2)36(40,41)42/h3-16,45-46H,1-2H3. The molecule has 0 fully saturated rings. The number of hydrogen-bond donors (Lipinski definition) is 2. The Morgan fingerprint density at radius 3 is 1.21 bits per heavy atom. The third-order valence-electron chi connectivity index (χ3n) is 8.46. The van der Waals surface area contributed by atoms with E-state index in [9.17, 15) is 56.8 Å². The van der Waals surface area contributed by atoms with Gasteiger partial charge in [-0.2, -0.15) is 26.3 Å². The predicted molar refractivity (Wildman–Crippen MR) is 178 cm³/mol. The van der Waals surface area contributed by atoms with Gasteiger partial charge in [-0.1, -0.05) is 48.5 Å². The second-order valence-corrected chi connectivity index (χ2v) is 11.4. The molecule has 0 saturated heterocycles. The van der Waals surface area contributed by atoms with E-state index >= 15 is 0 Å². The van der Waals surface area contributed by atoms with Crippen molar-refractivity contribution in [3.63, 3.8) is 0 Å². The van der Waals surface area contributed by atoms with Crippen LogP contribution in [0.2, 0.25) is 0 Å². The molecule has 0 radical (unpaired) electrons. The summed E-state index contributed by atoms with van der Waals surface area (Å²) in [6.07, 6.45) is -10.3. The molecule has 0 aliphatic heterocycles. The number of methoxy groups -OCH3 is 2. The van der Waals surface area contributed by atoms with E-state index in [0.29, 0.717) is 0 Å². The van der Waals surface area contributed by atoms with Crippen LogP contribution >= 0.6 is 0 Å². The van der Waals surface area contributed by atoms with Gasteiger partial charge in [0.15, 0.2) is 0 Å². The van der Waals surface area contributed by atoms with Crippen LogP contribution in [0.25, 0.3) is 54.9 Å². The van der Waals surface area contributed by atoms with Gasteiger partial charge in [0.1, 0.15) is 34.1 Å². The molecule has 0 atom stereocenters. The van der Waals surface area contributed by atoms with Crippen LogP contribution in [0, 0.1) is 20.2 Å². The summed E-state index contributed by atoms with van der Waals surface area (Å²) in [5.74, 6) is -3.30. The number of phenolic OH excluding ortho intramolecular Hbond substituents is 2. The molecule has 10 nitrogen and oxygen atoms in total. The van der Waals surface area contributed by atoms with E-state index in [-0.39, 0.29) is 55.9 Å². The first-order valence-electron chi connectivity index (χ1n) is 14.9. The lowest BCUT2D eigenvalue weighted by Crippen LogP contribution is -2.09. The second kappa shape index (κ2) is 12.6. The Hall–Kier alpha value is -6.58. The van der Waals surface area contributed by atoms with Gasteiger partial charge in [-0.05, 0) is 33.7 Å².